The molecule has 0 unspecified atom stereocenters. The standard InChI is InChI=1S/C25H28N4OS/c1-27-12-4-13-28(15-14-27)18-22-25(19-6-9-21(30-2)10-7-19)26-24-11-8-20(17-29(22)24)23-5-3-16-31-23/h3,5-11,16-17H,4,12-15,18H2,1-2H3. The van der Waals surface area contributed by atoms with E-state index in [2.05, 4.69) is 69.2 Å². The van der Waals surface area contributed by atoms with Gasteiger partial charge in [0.15, 0.2) is 0 Å². The van der Waals surface area contributed by atoms with E-state index < -0.39 is 0 Å². The maximum Gasteiger partial charge on any atom is 0.137 e. The van der Waals surface area contributed by atoms with Crippen LogP contribution < -0.4 is 4.74 Å². The lowest BCUT2D eigenvalue weighted by molar-refractivity contribution is 0.266. The Morgan fingerprint density at radius 3 is 2.58 bits per heavy atom. The number of hydrogen-bond donors (Lipinski definition) is 0. The van der Waals surface area contributed by atoms with E-state index in [0.29, 0.717) is 0 Å². The van der Waals surface area contributed by atoms with Gasteiger partial charge in [-0.1, -0.05) is 6.07 Å². The highest BCUT2D eigenvalue weighted by atomic mass is 32.1. The third-order valence-electron chi connectivity index (χ3n) is 6.07. The molecule has 0 N–H and O–H groups in total. The minimum absolute atomic E-state index is 0.865. The predicted octanol–water partition coefficient (Wildman–Crippen LogP) is 4.88. The molecular formula is C25H28N4OS. The molecule has 1 aliphatic heterocycles. The molecular weight excluding hydrogens is 404 g/mol. The summed E-state index contributed by atoms with van der Waals surface area (Å²) in [5.41, 5.74) is 5.67. The highest BCUT2D eigenvalue weighted by molar-refractivity contribution is 7.13. The first kappa shape index (κ1) is 20.2. The van der Waals surface area contributed by atoms with Crippen molar-refractivity contribution < 1.29 is 4.74 Å². The normalized spacial score (nSPS) is 15.9. The van der Waals surface area contributed by atoms with E-state index >= 15 is 0 Å². The lowest BCUT2D eigenvalue weighted by Crippen LogP contribution is -2.29. The fourth-order valence-corrected chi connectivity index (χ4v) is 5.00. The molecule has 1 saturated heterocycles. The zero-order valence-electron chi connectivity index (χ0n) is 18.1. The number of ether oxygens (including phenoxy) is 1. The monoisotopic (exact) mass is 432 g/mol. The summed E-state index contributed by atoms with van der Waals surface area (Å²) in [5, 5.41) is 2.13. The number of methoxy groups -OCH3 is 1. The minimum atomic E-state index is 0.865. The van der Waals surface area contributed by atoms with Crippen molar-refractivity contribution in [2.45, 2.75) is 13.0 Å². The second-order valence-corrected chi connectivity index (χ2v) is 9.14. The molecule has 3 aromatic heterocycles. The summed E-state index contributed by atoms with van der Waals surface area (Å²) in [6.07, 6.45) is 3.45. The Labute approximate surface area is 187 Å². The molecule has 160 valence electrons. The third kappa shape index (κ3) is 4.24. The summed E-state index contributed by atoms with van der Waals surface area (Å²) in [4.78, 5) is 11.3. The van der Waals surface area contributed by atoms with Crippen LogP contribution in [0.2, 0.25) is 0 Å². The van der Waals surface area contributed by atoms with E-state index in [1.807, 2.05) is 12.1 Å². The number of thiophene rings is 1. The van der Waals surface area contributed by atoms with Gasteiger partial charge in [-0.2, -0.15) is 0 Å². The van der Waals surface area contributed by atoms with Crippen LogP contribution in [0.4, 0.5) is 0 Å². The highest BCUT2D eigenvalue weighted by Gasteiger charge is 2.20. The maximum atomic E-state index is 5.36. The van der Waals surface area contributed by atoms with Crippen LogP contribution in [0.5, 0.6) is 5.75 Å². The number of pyridine rings is 1. The summed E-state index contributed by atoms with van der Waals surface area (Å²) < 4.78 is 7.65. The molecule has 0 amide bonds. The van der Waals surface area contributed by atoms with Gasteiger partial charge in [-0.15, -0.1) is 11.3 Å². The average Bonchev–Trinajstić information content (AvgIpc) is 3.40. The Morgan fingerprint density at radius 2 is 1.81 bits per heavy atom. The van der Waals surface area contributed by atoms with Crippen LogP contribution in [0.3, 0.4) is 0 Å². The van der Waals surface area contributed by atoms with E-state index in [1.165, 1.54) is 22.6 Å². The predicted molar refractivity (Wildman–Crippen MR) is 128 cm³/mol. The minimum Gasteiger partial charge on any atom is -0.497 e. The van der Waals surface area contributed by atoms with Crippen LogP contribution in [0.15, 0.2) is 60.1 Å². The van der Waals surface area contributed by atoms with Crippen molar-refractivity contribution >= 4 is 17.0 Å². The molecule has 0 saturated carbocycles. The zero-order chi connectivity index (χ0) is 21.2. The molecule has 1 aliphatic rings. The van der Waals surface area contributed by atoms with Crippen molar-refractivity contribution in [3.63, 3.8) is 0 Å². The molecule has 0 aliphatic carbocycles. The van der Waals surface area contributed by atoms with Crippen molar-refractivity contribution in [3.8, 4) is 27.4 Å². The molecule has 4 aromatic rings. The third-order valence-corrected chi connectivity index (χ3v) is 6.99. The van der Waals surface area contributed by atoms with Gasteiger partial charge in [0.25, 0.3) is 0 Å². The summed E-state index contributed by atoms with van der Waals surface area (Å²) in [7, 11) is 3.92. The fourth-order valence-electron chi connectivity index (χ4n) is 4.28. The Hall–Kier alpha value is -2.67. The van der Waals surface area contributed by atoms with Gasteiger partial charge in [0.1, 0.15) is 11.4 Å². The van der Waals surface area contributed by atoms with E-state index in [4.69, 9.17) is 9.72 Å². The van der Waals surface area contributed by atoms with Crippen molar-refractivity contribution in [2.24, 2.45) is 0 Å². The van der Waals surface area contributed by atoms with E-state index in [9.17, 15) is 0 Å². The Kier molecular flexibility index (Phi) is 5.76. The van der Waals surface area contributed by atoms with E-state index in [0.717, 1.165) is 55.4 Å². The zero-order valence-corrected chi connectivity index (χ0v) is 18.9. The molecule has 1 aromatic carbocycles. The Balaban J connectivity index is 1.59. The fraction of sp³-hybridized carbons (Fsp3) is 0.320. The highest BCUT2D eigenvalue weighted by Crippen LogP contribution is 2.31. The molecule has 5 nitrogen and oxygen atoms in total. The number of rotatable bonds is 5. The number of imidazole rings is 1. The first-order valence-corrected chi connectivity index (χ1v) is 11.7. The quantitative estimate of drug-likeness (QED) is 0.450. The van der Waals surface area contributed by atoms with Gasteiger partial charge in [0, 0.05) is 41.8 Å². The van der Waals surface area contributed by atoms with Gasteiger partial charge in [-0.3, -0.25) is 4.90 Å². The van der Waals surface area contributed by atoms with Gasteiger partial charge in [-0.05, 0) is 74.4 Å². The SMILES string of the molecule is COc1ccc(-c2nc3ccc(-c4cccs4)cn3c2CN2CCCN(C)CC2)cc1. The number of hydrogen-bond acceptors (Lipinski definition) is 5. The molecule has 4 heterocycles. The molecule has 5 rings (SSSR count). The van der Waals surface area contributed by atoms with Gasteiger partial charge in [0.05, 0.1) is 18.5 Å². The summed E-state index contributed by atoms with van der Waals surface area (Å²) in [5.74, 6) is 0.865. The van der Waals surface area contributed by atoms with Gasteiger partial charge >= 0.3 is 0 Å². The summed E-state index contributed by atoms with van der Waals surface area (Å²) in [6.45, 7) is 5.36. The van der Waals surface area contributed by atoms with Crippen LogP contribution in [-0.4, -0.2) is 59.5 Å². The molecule has 1 fully saturated rings. The molecule has 0 radical (unpaired) electrons. The topological polar surface area (TPSA) is 33.0 Å². The van der Waals surface area contributed by atoms with Crippen molar-refractivity contribution in [1.82, 2.24) is 19.2 Å². The number of nitrogens with zero attached hydrogens (tertiary/aromatic N) is 4. The molecule has 6 heteroatoms. The Morgan fingerprint density at radius 1 is 0.968 bits per heavy atom. The van der Waals surface area contributed by atoms with E-state index in [1.54, 1.807) is 18.4 Å². The Bertz CT molecular complexity index is 1150. The van der Waals surface area contributed by atoms with Crippen molar-refractivity contribution in [2.75, 3.05) is 40.3 Å². The average molecular weight is 433 g/mol. The second kappa shape index (κ2) is 8.83. The lowest BCUT2D eigenvalue weighted by atomic mass is 10.1. The smallest absolute Gasteiger partial charge is 0.137 e. The number of benzene rings is 1. The van der Waals surface area contributed by atoms with Crippen LogP contribution in [0.1, 0.15) is 12.1 Å². The molecule has 0 bridgehead atoms. The first-order chi connectivity index (χ1) is 15.2. The first-order valence-electron chi connectivity index (χ1n) is 10.8. The van der Waals surface area contributed by atoms with E-state index in [-0.39, 0.29) is 0 Å². The molecule has 31 heavy (non-hydrogen) atoms. The van der Waals surface area contributed by atoms with Crippen LogP contribution in [0, 0.1) is 0 Å². The van der Waals surface area contributed by atoms with Crippen LogP contribution in [-0.2, 0) is 6.54 Å². The van der Waals surface area contributed by atoms with Gasteiger partial charge < -0.3 is 14.0 Å². The second-order valence-electron chi connectivity index (χ2n) is 8.19. The lowest BCUT2D eigenvalue weighted by Gasteiger charge is -2.20. The number of likely N-dealkylation sites (N-methyl/N-ethyl adjacent to an activating group) is 1. The van der Waals surface area contributed by atoms with Crippen LogP contribution >= 0.6 is 11.3 Å². The summed E-state index contributed by atoms with van der Waals surface area (Å²) in [6, 6.07) is 16.9. The van der Waals surface area contributed by atoms with Crippen molar-refractivity contribution in [1.29, 1.82) is 0 Å². The maximum absolute atomic E-state index is 5.36. The van der Waals surface area contributed by atoms with Gasteiger partial charge in [0.2, 0.25) is 0 Å². The largest absolute Gasteiger partial charge is 0.497 e. The van der Waals surface area contributed by atoms with Crippen LogP contribution in [0.25, 0.3) is 27.3 Å². The molecule has 0 spiro atoms. The number of fused-ring (bicyclic) bond motifs is 1. The molecule has 0 atom stereocenters. The van der Waals surface area contributed by atoms with Crippen molar-refractivity contribution in [3.05, 3.63) is 65.8 Å². The number of aromatic nitrogens is 2. The summed E-state index contributed by atoms with van der Waals surface area (Å²) >= 11 is 1.77. The van der Waals surface area contributed by atoms with Gasteiger partial charge in [-0.25, -0.2) is 4.98 Å².